The summed E-state index contributed by atoms with van der Waals surface area (Å²) in [4.78, 5) is 27.1. The Balaban J connectivity index is 1.77. The van der Waals surface area contributed by atoms with E-state index in [1.54, 1.807) is 49.3 Å². The molecule has 1 aliphatic rings. The molecule has 176 valence electrons. The molecule has 9 nitrogen and oxygen atoms in total. The SMILES string of the molecule is COc1ccc(N(CC(=O)N2CCCCC2)S(=O)(=O)c2ccc3c(c2)n(C)c(=O)n3C)cc1. The highest BCUT2D eigenvalue weighted by atomic mass is 32.2. The maximum Gasteiger partial charge on any atom is 0.328 e. The summed E-state index contributed by atoms with van der Waals surface area (Å²) in [6.45, 7) is 0.960. The van der Waals surface area contributed by atoms with Crippen LogP contribution in [0.25, 0.3) is 11.0 Å². The first-order chi connectivity index (χ1) is 15.7. The third kappa shape index (κ3) is 4.22. The van der Waals surface area contributed by atoms with Crippen molar-refractivity contribution in [1.29, 1.82) is 0 Å². The van der Waals surface area contributed by atoms with Crippen molar-refractivity contribution in [3.63, 3.8) is 0 Å². The highest BCUT2D eigenvalue weighted by Crippen LogP contribution is 2.28. The molecule has 1 aliphatic heterocycles. The molecule has 1 saturated heterocycles. The zero-order chi connectivity index (χ0) is 23.8. The van der Waals surface area contributed by atoms with Gasteiger partial charge in [0.25, 0.3) is 10.0 Å². The number of sulfonamides is 1. The van der Waals surface area contributed by atoms with Crippen molar-refractivity contribution in [2.45, 2.75) is 24.2 Å². The van der Waals surface area contributed by atoms with Gasteiger partial charge in [0.05, 0.1) is 28.7 Å². The molecule has 3 aromatic rings. The van der Waals surface area contributed by atoms with Crippen molar-refractivity contribution >= 4 is 32.7 Å². The van der Waals surface area contributed by atoms with E-state index in [1.807, 2.05) is 0 Å². The van der Waals surface area contributed by atoms with Crippen LogP contribution in [0.15, 0.2) is 52.2 Å². The lowest BCUT2D eigenvalue weighted by atomic mass is 10.1. The Labute approximate surface area is 192 Å². The molecule has 10 heteroatoms. The number of ether oxygens (including phenoxy) is 1. The summed E-state index contributed by atoms with van der Waals surface area (Å²) in [7, 11) is 0.670. The Bertz CT molecular complexity index is 1340. The van der Waals surface area contributed by atoms with Crippen LogP contribution in [-0.2, 0) is 28.9 Å². The number of piperidine rings is 1. The molecule has 0 spiro atoms. The van der Waals surface area contributed by atoms with Crippen LogP contribution in [0.5, 0.6) is 5.75 Å². The van der Waals surface area contributed by atoms with E-state index in [2.05, 4.69) is 0 Å². The van der Waals surface area contributed by atoms with Crippen molar-refractivity contribution in [3.8, 4) is 5.75 Å². The predicted molar refractivity (Wildman–Crippen MR) is 126 cm³/mol. The largest absolute Gasteiger partial charge is 0.497 e. The molecular weight excluding hydrogens is 444 g/mol. The molecule has 33 heavy (non-hydrogen) atoms. The molecule has 0 saturated carbocycles. The third-order valence-corrected chi connectivity index (χ3v) is 7.95. The molecule has 0 unspecified atom stereocenters. The summed E-state index contributed by atoms with van der Waals surface area (Å²) in [5.74, 6) is 0.349. The van der Waals surface area contributed by atoms with Crippen LogP contribution in [0.4, 0.5) is 5.69 Å². The van der Waals surface area contributed by atoms with E-state index in [9.17, 15) is 18.0 Å². The second kappa shape index (κ2) is 8.93. The molecule has 1 amide bonds. The quantitative estimate of drug-likeness (QED) is 0.548. The summed E-state index contributed by atoms with van der Waals surface area (Å²) in [5.41, 5.74) is 1.25. The third-order valence-electron chi connectivity index (χ3n) is 6.18. The number of hydrogen-bond donors (Lipinski definition) is 0. The average Bonchev–Trinajstić information content (AvgIpc) is 3.06. The van der Waals surface area contributed by atoms with Crippen molar-refractivity contribution < 1.29 is 17.9 Å². The number of fused-ring (bicyclic) bond motifs is 1. The zero-order valence-electron chi connectivity index (χ0n) is 19.0. The van der Waals surface area contributed by atoms with Gasteiger partial charge in [-0.3, -0.25) is 18.2 Å². The average molecular weight is 473 g/mol. The number of aryl methyl sites for hydroxylation is 2. The second-order valence-corrected chi connectivity index (χ2v) is 10.1. The van der Waals surface area contributed by atoms with Gasteiger partial charge in [-0.15, -0.1) is 0 Å². The Morgan fingerprint density at radius 3 is 2.24 bits per heavy atom. The Morgan fingerprint density at radius 2 is 1.61 bits per heavy atom. The highest BCUT2D eigenvalue weighted by molar-refractivity contribution is 7.92. The molecular formula is C23H28N4O5S. The first-order valence-corrected chi connectivity index (χ1v) is 12.3. The maximum absolute atomic E-state index is 13.8. The fourth-order valence-corrected chi connectivity index (χ4v) is 5.64. The zero-order valence-corrected chi connectivity index (χ0v) is 19.8. The van der Waals surface area contributed by atoms with Crippen LogP contribution < -0.4 is 14.7 Å². The molecule has 0 aliphatic carbocycles. The van der Waals surface area contributed by atoms with Crippen LogP contribution in [-0.4, -0.2) is 55.1 Å². The van der Waals surface area contributed by atoms with Crippen LogP contribution in [0, 0.1) is 0 Å². The van der Waals surface area contributed by atoms with Crippen LogP contribution in [0.1, 0.15) is 19.3 Å². The lowest BCUT2D eigenvalue weighted by Crippen LogP contribution is -2.44. The first kappa shape index (κ1) is 22.9. The van der Waals surface area contributed by atoms with Gasteiger partial charge in [0.2, 0.25) is 5.91 Å². The van der Waals surface area contributed by atoms with Gasteiger partial charge in [0, 0.05) is 27.2 Å². The summed E-state index contributed by atoms with van der Waals surface area (Å²) < 4.78 is 36.8. The van der Waals surface area contributed by atoms with Gasteiger partial charge in [-0.05, 0) is 61.7 Å². The molecule has 0 radical (unpaired) electrons. The van der Waals surface area contributed by atoms with Gasteiger partial charge in [0.15, 0.2) is 0 Å². The Hall–Kier alpha value is -3.27. The van der Waals surface area contributed by atoms with E-state index in [1.165, 1.54) is 28.4 Å². The lowest BCUT2D eigenvalue weighted by molar-refractivity contribution is -0.130. The van der Waals surface area contributed by atoms with Crippen molar-refractivity contribution in [2.24, 2.45) is 14.1 Å². The van der Waals surface area contributed by atoms with E-state index in [4.69, 9.17) is 4.74 Å². The number of aromatic nitrogens is 2. The topological polar surface area (TPSA) is 93.8 Å². The van der Waals surface area contributed by atoms with Gasteiger partial charge in [-0.2, -0.15) is 0 Å². The van der Waals surface area contributed by atoms with E-state index in [-0.39, 0.29) is 23.0 Å². The number of benzene rings is 2. The number of rotatable bonds is 6. The molecule has 4 rings (SSSR count). The highest BCUT2D eigenvalue weighted by Gasteiger charge is 2.30. The number of hydrogen-bond acceptors (Lipinski definition) is 5. The second-order valence-electron chi connectivity index (χ2n) is 8.20. The number of carbonyl (C=O) groups excluding carboxylic acids is 1. The van der Waals surface area contributed by atoms with Crippen molar-refractivity contribution in [2.75, 3.05) is 31.0 Å². The summed E-state index contributed by atoms with van der Waals surface area (Å²) in [6.07, 6.45) is 2.90. The Morgan fingerprint density at radius 1 is 0.970 bits per heavy atom. The van der Waals surface area contributed by atoms with Crippen LogP contribution in [0.2, 0.25) is 0 Å². The minimum atomic E-state index is -4.10. The van der Waals surface area contributed by atoms with Gasteiger partial charge < -0.3 is 9.64 Å². The number of carbonyl (C=O) groups is 1. The summed E-state index contributed by atoms with van der Waals surface area (Å²) >= 11 is 0. The number of nitrogens with zero attached hydrogens (tertiary/aromatic N) is 4. The number of imidazole rings is 1. The number of methoxy groups -OCH3 is 1. The molecule has 0 atom stereocenters. The molecule has 1 fully saturated rings. The van der Waals surface area contributed by atoms with Crippen LogP contribution >= 0.6 is 0 Å². The summed E-state index contributed by atoms with van der Waals surface area (Å²) in [5, 5.41) is 0. The smallest absolute Gasteiger partial charge is 0.328 e. The molecule has 1 aromatic heterocycles. The number of amides is 1. The monoisotopic (exact) mass is 472 g/mol. The fourth-order valence-electron chi connectivity index (χ4n) is 4.20. The fraction of sp³-hybridized carbons (Fsp3) is 0.391. The number of likely N-dealkylation sites (tertiary alicyclic amines) is 1. The molecule has 0 bridgehead atoms. The van der Waals surface area contributed by atoms with Crippen LogP contribution in [0.3, 0.4) is 0 Å². The van der Waals surface area contributed by atoms with Gasteiger partial charge in [-0.1, -0.05) is 0 Å². The van der Waals surface area contributed by atoms with Crippen molar-refractivity contribution in [1.82, 2.24) is 14.0 Å². The van der Waals surface area contributed by atoms with E-state index in [0.29, 0.717) is 35.6 Å². The molecule has 2 heterocycles. The van der Waals surface area contributed by atoms with E-state index >= 15 is 0 Å². The minimum Gasteiger partial charge on any atom is -0.497 e. The van der Waals surface area contributed by atoms with E-state index in [0.717, 1.165) is 23.6 Å². The van der Waals surface area contributed by atoms with Gasteiger partial charge in [-0.25, -0.2) is 13.2 Å². The van der Waals surface area contributed by atoms with Crippen molar-refractivity contribution in [3.05, 3.63) is 52.9 Å². The maximum atomic E-state index is 13.8. The number of anilines is 1. The lowest BCUT2D eigenvalue weighted by Gasteiger charge is -2.30. The normalized spacial score (nSPS) is 14.5. The Kier molecular flexibility index (Phi) is 6.20. The van der Waals surface area contributed by atoms with E-state index < -0.39 is 10.0 Å². The molecule has 0 N–H and O–H groups in total. The standard InChI is InChI=1S/C23H28N4O5S/c1-24-20-12-11-19(15-21(20)25(2)23(24)29)33(30,31)27(17-7-9-18(32-3)10-8-17)16-22(28)26-13-5-4-6-14-26/h7-12,15H,4-6,13-14,16H2,1-3H3. The van der Waals surface area contributed by atoms with Gasteiger partial charge in [0.1, 0.15) is 12.3 Å². The minimum absolute atomic E-state index is 0.0125. The predicted octanol–water partition coefficient (Wildman–Crippen LogP) is 2.09. The first-order valence-electron chi connectivity index (χ1n) is 10.8. The summed E-state index contributed by atoms with van der Waals surface area (Å²) in [6, 6.07) is 11.1. The van der Waals surface area contributed by atoms with Gasteiger partial charge >= 0.3 is 5.69 Å². The molecule has 2 aromatic carbocycles.